The molecule has 1 aromatic rings. The van der Waals surface area contributed by atoms with Crippen LogP contribution < -0.4 is 16.4 Å². The summed E-state index contributed by atoms with van der Waals surface area (Å²) in [5, 5.41) is 6.07. The zero-order valence-electron chi connectivity index (χ0n) is 10.6. The van der Waals surface area contributed by atoms with E-state index in [1.165, 1.54) is 0 Å². The minimum absolute atomic E-state index is 0.133. The van der Waals surface area contributed by atoms with Gasteiger partial charge in [0.25, 0.3) is 5.91 Å². The number of nitrogens with one attached hydrogen (secondary N) is 2. The van der Waals surface area contributed by atoms with Crippen LogP contribution in [0.25, 0.3) is 0 Å². The van der Waals surface area contributed by atoms with Crippen LogP contribution in [0.1, 0.15) is 30.3 Å². The predicted octanol–water partition coefficient (Wildman–Crippen LogP) is 0.980. The number of nitrogens with two attached hydrogens (primary N) is 1. The lowest BCUT2D eigenvalue weighted by atomic mass is 9.81. The smallest absolute Gasteiger partial charge is 0.269 e. The van der Waals surface area contributed by atoms with Crippen LogP contribution in [-0.4, -0.2) is 30.0 Å². The van der Waals surface area contributed by atoms with E-state index in [4.69, 9.17) is 5.73 Å². The number of aromatic nitrogens is 1. The summed E-state index contributed by atoms with van der Waals surface area (Å²) in [6, 6.07) is 4.03. The Bertz CT molecular complexity index is 415. The van der Waals surface area contributed by atoms with Crippen molar-refractivity contribution < 1.29 is 4.79 Å². The molecule has 5 heteroatoms. The maximum Gasteiger partial charge on any atom is 0.269 e. The third-order valence-electron chi connectivity index (χ3n) is 3.20. The van der Waals surface area contributed by atoms with E-state index in [1.807, 2.05) is 13.0 Å². The molecule has 1 heterocycles. The van der Waals surface area contributed by atoms with E-state index < -0.39 is 0 Å². The highest BCUT2D eigenvalue weighted by atomic mass is 16.1. The minimum Gasteiger partial charge on any atom is -0.385 e. The zero-order chi connectivity index (χ0) is 13.0. The first kappa shape index (κ1) is 12.8. The number of pyridine rings is 1. The lowest BCUT2D eigenvalue weighted by Crippen LogP contribution is -2.39. The van der Waals surface area contributed by atoms with E-state index in [9.17, 15) is 4.79 Å². The molecule has 0 spiro atoms. The molecular formula is C13H20N4O. The highest BCUT2D eigenvalue weighted by Gasteiger charge is 2.25. The molecule has 0 aromatic carbocycles. The summed E-state index contributed by atoms with van der Waals surface area (Å²) in [5.74, 6) is 0.521. The molecule has 0 radical (unpaired) electrons. The third-order valence-corrected chi connectivity index (χ3v) is 3.20. The van der Waals surface area contributed by atoms with E-state index in [1.54, 1.807) is 12.3 Å². The Morgan fingerprint density at radius 2 is 2.33 bits per heavy atom. The lowest BCUT2D eigenvalue weighted by Gasteiger charge is -2.32. The van der Waals surface area contributed by atoms with Crippen molar-refractivity contribution in [3.8, 4) is 0 Å². The molecule has 1 fully saturated rings. The first-order valence-electron chi connectivity index (χ1n) is 6.42. The van der Waals surface area contributed by atoms with Crippen molar-refractivity contribution in [1.29, 1.82) is 0 Å². The molecule has 0 unspecified atom stereocenters. The van der Waals surface area contributed by atoms with Gasteiger partial charge in [-0.25, -0.2) is 0 Å². The van der Waals surface area contributed by atoms with Crippen LogP contribution in [0.5, 0.6) is 0 Å². The van der Waals surface area contributed by atoms with Crippen molar-refractivity contribution in [2.24, 2.45) is 11.7 Å². The van der Waals surface area contributed by atoms with Gasteiger partial charge in [0.15, 0.2) is 0 Å². The topological polar surface area (TPSA) is 80.0 Å². The highest BCUT2D eigenvalue weighted by molar-refractivity contribution is 5.93. The number of hydrogen-bond acceptors (Lipinski definition) is 4. The molecule has 18 heavy (non-hydrogen) atoms. The number of carbonyl (C=O) groups excluding carboxylic acids is 1. The minimum atomic E-state index is -0.133. The standard InChI is InChI=1S/C13H20N4O/c1-2-15-13(18)12-7-11(3-4-16-12)17-8-9-5-10(14)6-9/h3-4,7,9-10H,2,5-6,8,14H2,1H3,(H,15,18)(H,16,17). The quantitative estimate of drug-likeness (QED) is 0.725. The summed E-state index contributed by atoms with van der Waals surface area (Å²) in [4.78, 5) is 15.7. The van der Waals surface area contributed by atoms with E-state index in [2.05, 4.69) is 15.6 Å². The maximum atomic E-state index is 11.6. The summed E-state index contributed by atoms with van der Waals surface area (Å²) >= 11 is 0. The SMILES string of the molecule is CCNC(=O)c1cc(NCC2CC(N)C2)ccn1. The van der Waals surface area contributed by atoms with E-state index >= 15 is 0 Å². The number of nitrogens with zero attached hydrogens (tertiary/aromatic N) is 1. The van der Waals surface area contributed by atoms with Gasteiger partial charge in [-0.15, -0.1) is 0 Å². The second kappa shape index (κ2) is 5.82. The normalized spacial score (nSPS) is 22.1. The van der Waals surface area contributed by atoms with Gasteiger partial charge in [-0.2, -0.15) is 0 Å². The van der Waals surface area contributed by atoms with Crippen molar-refractivity contribution in [1.82, 2.24) is 10.3 Å². The van der Waals surface area contributed by atoms with Gasteiger partial charge in [0.1, 0.15) is 5.69 Å². The average Bonchev–Trinajstić information content (AvgIpc) is 2.34. The monoisotopic (exact) mass is 248 g/mol. The fraction of sp³-hybridized carbons (Fsp3) is 0.538. The molecule has 4 N–H and O–H groups in total. The molecule has 1 aromatic heterocycles. The van der Waals surface area contributed by atoms with Gasteiger partial charge in [0.2, 0.25) is 0 Å². The highest BCUT2D eigenvalue weighted by Crippen LogP contribution is 2.25. The fourth-order valence-corrected chi connectivity index (χ4v) is 2.13. The molecule has 0 saturated heterocycles. The zero-order valence-corrected chi connectivity index (χ0v) is 10.6. The van der Waals surface area contributed by atoms with Gasteiger partial charge >= 0.3 is 0 Å². The van der Waals surface area contributed by atoms with Gasteiger partial charge in [0, 0.05) is 31.0 Å². The van der Waals surface area contributed by atoms with Crippen LogP contribution in [0.3, 0.4) is 0 Å². The largest absolute Gasteiger partial charge is 0.385 e. The second-order valence-electron chi connectivity index (χ2n) is 4.77. The van der Waals surface area contributed by atoms with Crippen LogP contribution in [-0.2, 0) is 0 Å². The number of rotatable bonds is 5. The van der Waals surface area contributed by atoms with Crippen molar-refractivity contribution >= 4 is 11.6 Å². The van der Waals surface area contributed by atoms with Gasteiger partial charge in [-0.3, -0.25) is 9.78 Å². The van der Waals surface area contributed by atoms with Crippen LogP contribution >= 0.6 is 0 Å². The van der Waals surface area contributed by atoms with Gasteiger partial charge in [-0.1, -0.05) is 0 Å². The molecule has 1 aliphatic rings. The molecule has 0 aliphatic heterocycles. The number of hydrogen-bond donors (Lipinski definition) is 3. The first-order chi connectivity index (χ1) is 8.69. The molecule has 1 saturated carbocycles. The van der Waals surface area contributed by atoms with Crippen LogP contribution in [0.15, 0.2) is 18.3 Å². The summed E-state index contributed by atoms with van der Waals surface area (Å²) in [6.07, 6.45) is 3.82. The molecule has 98 valence electrons. The fourth-order valence-electron chi connectivity index (χ4n) is 2.13. The van der Waals surface area contributed by atoms with Crippen LogP contribution in [0, 0.1) is 5.92 Å². The number of anilines is 1. The van der Waals surface area contributed by atoms with Crippen molar-refractivity contribution in [2.45, 2.75) is 25.8 Å². The Labute approximate surface area is 107 Å². The Kier molecular flexibility index (Phi) is 4.15. The van der Waals surface area contributed by atoms with E-state index in [0.29, 0.717) is 24.2 Å². The van der Waals surface area contributed by atoms with E-state index in [0.717, 1.165) is 25.1 Å². The number of amides is 1. The molecule has 0 atom stereocenters. The molecular weight excluding hydrogens is 228 g/mol. The number of carbonyl (C=O) groups is 1. The summed E-state index contributed by atoms with van der Waals surface area (Å²) in [7, 11) is 0. The Morgan fingerprint density at radius 3 is 3.00 bits per heavy atom. The Morgan fingerprint density at radius 1 is 1.56 bits per heavy atom. The van der Waals surface area contributed by atoms with Crippen molar-refractivity contribution in [2.75, 3.05) is 18.4 Å². The molecule has 1 amide bonds. The third kappa shape index (κ3) is 3.20. The predicted molar refractivity (Wildman–Crippen MR) is 71.4 cm³/mol. The Balaban J connectivity index is 1.88. The van der Waals surface area contributed by atoms with Crippen molar-refractivity contribution in [3.05, 3.63) is 24.0 Å². The summed E-state index contributed by atoms with van der Waals surface area (Å²) in [5.41, 5.74) is 7.13. The van der Waals surface area contributed by atoms with Crippen molar-refractivity contribution in [3.63, 3.8) is 0 Å². The lowest BCUT2D eigenvalue weighted by molar-refractivity contribution is 0.0951. The molecule has 5 nitrogen and oxygen atoms in total. The maximum absolute atomic E-state index is 11.6. The van der Waals surface area contributed by atoms with Gasteiger partial charge in [-0.05, 0) is 37.8 Å². The van der Waals surface area contributed by atoms with E-state index in [-0.39, 0.29) is 5.91 Å². The summed E-state index contributed by atoms with van der Waals surface area (Å²) in [6.45, 7) is 3.41. The Hall–Kier alpha value is -1.62. The second-order valence-corrected chi connectivity index (χ2v) is 4.77. The van der Waals surface area contributed by atoms with Crippen LogP contribution in [0.4, 0.5) is 5.69 Å². The first-order valence-corrected chi connectivity index (χ1v) is 6.42. The summed E-state index contributed by atoms with van der Waals surface area (Å²) < 4.78 is 0. The van der Waals surface area contributed by atoms with Crippen LogP contribution in [0.2, 0.25) is 0 Å². The molecule has 1 aliphatic carbocycles. The molecule has 2 rings (SSSR count). The average molecular weight is 248 g/mol. The van der Waals surface area contributed by atoms with Gasteiger partial charge < -0.3 is 16.4 Å². The molecule has 0 bridgehead atoms. The van der Waals surface area contributed by atoms with Gasteiger partial charge in [0.05, 0.1) is 0 Å².